The molecule has 0 radical (unpaired) electrons. The predicted molar refractivity (Wildman–Crippen MR) is 91.6 cm³/mol. The highest BCUT2D eigenvalue weighted by Crippen LogP contribution is 2.08. The lowest BCUT2D eigenvalue weighted by molar-refractivity contribution is 0.251. The smallest absolute Gasteiger partial charge is 0.319 e. The Balaban J connectivity index is 1.57. The maximum Gasteiger partial charge on any atom is 0.319 e. The van der Waals surface area contributed by atoms with Gasteiger partial charge in [-0.05, 0) is 30.7 Å². The van der Waals surface area contributed by atoms with Gasteiger partial charge in [0.15, 0.2) is 5.82 Å². The lowest BCUT2D eigenvalue weighted by Gasteiger charge is -2.09. The molecule has 0 aliphatic carbocycles. The molecule has 0 saturated heterocycles. The zero-order valence-corrected chi connectivity index (χ0v) is 13.6. The lowest BCUT2D eigenvalue weighted by Crippen LogP contribution is -2.34. The first-order valence-electron chi connectivity index (χ1n) is 7.66. The number of carbonyl (C=O) groups excluding carboxylic acids is 1. The average molecular weight is 339 g/mol. The SMILES string of the molecule is Cc1cccc(NC(=O)NCCn2nc(-n3cncn3)ccc2=O)c1. The normalized spacial score (nSPS) is 10.4. The summed E-state index contributed by atoms with van der Waals surface area (Å²) in [4.78, 5) is 27.6. The Labute approximate surface area is 143 Å². The number of amides is 2. The minimum atomic E-state index is -0.342. The first-order valence-corrected chi connectivity index (χ1v) is 7.66. The molecule has 2 heterocycles. The molecule has 9 heteroatoms. The van der Waals surface area contributed by atoms with E-state index < -0.39 is 0 Å². The van der Waals surface area contributed by atoms with Gasteiger partial charge >= 0.3 is 6.03 Å². The van der Waals surface area contributed by atoms with Crippen molar-refractivity contribution >= 4 is 11.7 Å². The molecule has 1 aromatic carbocycles. The van der Waals surface area contributed by atoms with Crippen molar-refractivity contribution in [3.63, 3.8) is 0 Å². The van der Waals surface area contributed by atoms with Crippen molar-refractivity contribution in [3.05, 3.63) is 65.0 Å². The number of nitrogens with zero attached hydrogens (tertiary/aromatic N) is 5. The summed E-state index contributed by atoms with van der Waals surface area (Å²) >= 11 is 0. The van der Waals surface area contributed by atoms with Crippen molar-refractivity contribution in [1.82, 2.24) is 29.9 Å². The van der Waals surface area contributed by atoms with E-state index in [4.69, 9.17) is 0 Å². The van der Waals surface area contributed by atoms with Gasteiger partial charge in [-0.15, -0.1) is 5.10 Å². The summed E-state index contributed by atoms with van der Waals surface area (Å²) in [6, 6.07) is 10.1. The van der Waals surface area contributed by atoms with E-state index in [0.717, 1.165) is 5.56 Å². The van der Waals surface area contributed by atoms with Gasteiger partial charge in [-0.2, -0.15) is 5.10 Å². The summed E-state index contributed by atoms with van der Waals surface area (Å²) in [5, 5.41) is 13.6. The molecule has 128 valence electrons. The highest BCUT2D eigenvalue weighted by molar-refractivity contribution is 5.89. The fraction of sp³-hybridized carbons (Fsp3) is 0.188. The first-order chi connectivity index (χ1) is 12.1. The van der Waals surface area contributed by atoms with Gasteiger partial charge in [0, 0.05) is 18.3 Å². The molecular formula is C16H17N7O2. The van der Waals surface area contributed by atoms with Gasteiger partial charge in [0.2, 0.25) is 0 Å². The fourth-order valence-electron chi connectivity index (χ4n) is 2.22. The Kier molecular flexibility index (Phi) is 4.84. The summed E-state index contributed by atoms with van der Waals surface area (Å²) in [6.07, 6.45) is 2.87. The minimum absolute atomic E-state index is 0.239. The Morgan fingerprint density at radius 2 is 2.12 bits per heavy atom. The van der Waals surface area contributed by atoms with Gasteiger partial charge in [-0.3, -0.25) is 4.79 Å². The number of nitrogens with one attached hydrogen (secondary N) is 2. The number of hydrogen-bond acceptors (Lipinski definition) is 5. The molecule has 0 spiro atoms. The first kappa shape index (κ1) is 16.4. The molecule has 25 heavy (non-hydrogen) atoms. The molecule has 0 fully saturated rings. The third-order valence-electron chi connectivity index (χ3n) is 3.39. The van der Waals surface area contributed by atoms with Gasteiger partial charge in [-0.25, -0.2) is 19.1 Å². The van der Waals surface area contributed by atoms with Crippen LogP contribution in [0, 0.1) is 6.92 Å². The summed E-state index contributed by atoms with van der Waals surface area (Å²) in [6.45, 7) is 2.44. The summed E-state index contributed by atoms with van der Waals surface area (Å²) < 4.78 is 2.72. The van der Waals surface area contributed by atoms with Crippen LogP contribution in [-0.2, 0) is 6.54 Å². The van der Waals surface area contributed by atoms with Crippen LogP contribution in [0.1, 0.15) is 5.56 Å². The van der Waals surface area contributed by atoms with Crippen LogP contribution in [0.2, 0.25) is 0 Å². The van der Waals surface area contributed by atoms with E-state index in [2.05, 4.69) is 25.8 Å². The maximum atomic E-state index is 11.9. The Bertz CT molecular complexity index is 918. The third-order valence-corrected chi connectivity index (χ3v) is 3.39. The topological polar surface area (TPSA) is 107 Å². The van der Waals surface area contributed by atoms with Crippen molar-refractivity contribution in [1.29, 1.82) is 0 Å². The van der Waals surface area contributed by atoms with Crippen molar-refractivity contribution in [2.75, 3.05) is 11.9 Å². The highest BCUT2D eigenvalue weighted by Gasteiger charge is 2.05. The number of rotatable bonds is 5. The van der Waals surface area contributed by atoms with Crippen molar-refractivity contribution in [3.8, 4) is 5.82 Å². The summed E-state index contributed by atoms with van der Waals surface area (Å²) in [5.74, 6) is 0.473. The van der Waals surface area contributed by atoms with Crippen LogP contribution in [0.3, 0.4) is 0 Å². The molecule has 0 unspecified atom stereocenters. The molecule has 2 aromatic heterocycles. The molecule has 3 rings (SSSR count). The second kappa shape index (κ2) is 7.39. The quantitative estimate of drug-likeness (QED) is 0.720. The number of carbonyl (C=O) groups is 1. The standard InChI is InChI=1S/C16H17N7O2/c1-12-3-2-4-13(9-12)20-16(25)18-7-8-22-15(24)6-5-14(21-22)23-11-17-10-19-23/h2-6,9-11H,7-8H2,1H3,(H2,18,20,25). The minimum Gasteiger partial charge on any atom is -0.336 e. The predicted octanol–water partition coefficient (Wildman–Crippen LogP) is 0.954. The molecule has 3 aromatic rings. The molecule has 0 atom stereocenters. The number of hydrogen-bond donors (Lipinski definition) is 2. The fourth-order valence-corrected chi connectivity index (χ4v) is 2.22. The van der Waals surface area contributed by atoms with Gasteiger partial charge in [-0.1, -0.05) is 12.1 Å². The molecule has 0 bridgehead atoms. The highest BCUT2D eigenvalue weighted by atomic mass is 16.2. The Morgan fingerprint density at radius 3 is 2.88 bits per heavy atom. The van der Waals surface area contributed by atoms with Crippen LogP contribution in [-0.4, -0.2) is 37.1 Å². The van der Waals surface area contributed by atoms with E-state index >= 15 is 0 Å². The van der Waals surface area contributed by atoms with Gasteiger partial charge < -0.3 is 10.6 Å². The second-order valence-electron chi connectivity index (χ2n) is 5.34. The lowest BCUT2D eigenvalue weighted by atomic mass is 10.2. The van der Waals surface area contributed by atoms with Gasteiger partial charge in [0.25, 0.3) is 5.56 Å². The number of aromatic nitrogens is 5. The van der Waals surface area contributed by atoms with Gasteiger partial charge in [0.1, 0.15) is 12.7 Å². The van der Waals surface area contributed by atoms with Crippen molar-refractivity contribution in [2.45, 2.75) is 13.5 Å². The van der Waals surface area contributed by atoms with E-state index in [9.17, 15) is 9.59 Å². The van der Waals surface area contributed by atoms with Crippen LogP contribution in [0.5, 0.6) is 0 Å². The summed E-state index contributed by atoms with van der Waals surface area (Å²) in [7, 11) is 0. The van der Waals surface area contributed by atoms with Crippen LogP contribution in [0.15, 0.2) is 53.8 Å². The molecule has 9 nitrogen and oxygen atoms in total. The van der Waals surface area contributed by atoms with E-state index in [1.54, 1.807) is 12.1 Å². The molecule has 0 aliphatic heterocycles. The Hall–Kier alpha value is -3.49. The van der Waals surface area contributed by atoms with Crippen molar-refractivity contribution < 1.29 is 4.79 Å². The van der Waals surface area contributed by atoms with Crippen LogP contribution < -0.4 is 16.2 Å². The molecular weight excluding hydrogens is 322 g/mol. The van der Waals surface area contributed by atoms with Gasteiger partial charge in [0.05, 0.1) is 6.54 Å². The van der Waals surface area contributed by atoms with E-state index in [0.29, 0.717) is 11.5 Å². The zero-order chi connectivity index (χ0) is 17.6. The van der Waals surface area contributed by atoms with E-state index in [1.807, 2.05) is 25.1 Å². The number of urea groups is 1. The average Bonchev–Trinajstić information content (AvgIpc) is 3.11. The van der Waals surface area contributed by atoms with Crippen LogP contribution in [0.4, 0.5) is 10.5 Å². The molecule has 0 aliphatic rings. The number of anilines is 1. The van der Waals surface area contributed by atoms with Crippen LogP contribution in [0.25, 0.3) is 5.82 Å². The molecule has 0 saturated carbocycles. The second-order valence-corrected chi connectivity index (χ2v) is 5.34. The molecule has 2 amide bonds. The van der Waals surface area contributed by atoms with E-state index in [-0.39, 0.29) is 24.7 Å². The largest absolute Gasteiger partial charge is 0.336 e. The Morgan fingerprint density at radius 1 is 1.24 bits per heavy atom. The maximum absolute atomic E-state index is 11.9. The third kappa shape index (κ3) is 4.28. The van der Waals surface area contributed by atoms with E-state index in [1.165, 1.54) is 28.1 Å². The zero-order valence-electron chi connectivity index (χ0n) is 13.6. The summed E-state index contributed by atoms with van der Waals surface area (Å²) in [5.41, 5.74) is 1.50. The number of aryl methyl sites for hydroxylation is 1. The van der Waals surface area contributed by atoms with Crippen LogP contribution >= 0.6 is 0 Å². The number of benzene rings is 1. The monoisotopic (exact) mass is 339 g/mol. The molecule has 2 N–H and O–H groups in total. The van der Waals surface area contributed by atoms with Crippen molar-refractivity contribution in [2.24, 2.45) is 0 Å².